The van der Waals surface area contributed by atoms with Crippen molar-refractivity contribution >= 4 is 17.4 Å². The van der Waals surface area contributed by atoms with Crippen molar-refractivity contribution in [3.05, 3.63) is 68.5 Å². The highest BCUT2D eigenvalue weighted by Crippen LogP contribution is 2.22. The molecule has 2 aromatic rings. The number of Topliss-reactive ketones (excluding diaryl/α,β-unsaturated/α-hetero) is 1. The molecule has 0 saturated heterocycles. The van der Waals surface area contributed by atoms with Crippen LogP contribution in [0.25, 0.3) is 0 Å². The molecular weight excluding hydrogens is 310 g/mol. The van der Waals surface area contributed by atoms with E-state index in [9.17, 15) is 19.7 Å². The quantitative estimate of drug-likeness (QED) is 0.517. The Bertz CT molecular complexity index is 831. The van der Waals surface area contributed by atoms with Gasteiger partial charge in [0.1, 0.15) is 5.56 Å². The van der Waals surface area contributed by atoms with Crippen LogP contribution >= 0.6 is 0 Å². The number of hydrogen-bond donors (Lipinski definition) is 1. The van der Waals surface area contributed by atoms with Crippen molar-refractivity contribution in [2.24, 2.45) is 0 Å². The van der Waals surface area contributed by atoms with Crippen molar-refractivity contribution in [3.63, 3.8) is 0 Å². The van der Waals surface area contributed by atoms with Crippen LogP contribution in [0.5, 0.6) is 0 Å². The van der Waals surface area contributed by atoms with Crippen LogP contribution in [0.2, 0.25) is 0 Å². The summed E-state index contributed by atoms with van der Waals surface area (Å²) in [5.41, 5.74) is 1.91. The van der Waals surface area contributed by atoms with E-state index in [-0.39, 0.29) is 23.6 Å². The number of nitro benzene ring substituents is 1. The summed E-state index contributed by atoms with van der Waals surface area (Å²) in [7, 11) is 0. The van der Waals surface area contributed by atoms with E-state index in [4.69, 9.17) is 0 Å². The first-order chi connectivity index (χ1) is 11.3. The number of amides is 1. The molecule has 0 aliphatic carbocycles. The molecule has 1 heterocycles. The zero-order valence-corrected chi connectivity index (χ0v) is 13.6. The molecule has 0 spiro atoms. The van der Waals surface area contributed by atoms with Crippen LogP contribution in [0, 0.1) is 24.0 Å². The molecule has 1 aromatic carbocycles. The molecule has 0 unspecified atom stereocenters. The Morgan fingerprint density at radius 3 is 2.46 bits per heavy atom. The smallest absolute Gasteiger partial charge is 0.285 e. The fourth-order valence-electron chi connectivity index (χ4n) is 2.43. The molecule has 7 nitrogen and oxygen atoms in total. The van der Waals surface area contributed by atoms with Gasteiger partial charge in [-0.2, -0.15) is 0 Å². The minimum atomic E-state index is -0.561. The van der Waals surface area contributed by atoms with Crippen LogP contribution in [-0.4, -0.2) is 21.6 Å². The standard InChI is InChI=1S/C17H17N3O4/c1-10-5-4-6-15(16(10)20(23)24)17(22)18-9-13-7-8-14(12(3)21)11(2)19-13/h4-8H,9H2,1-3H3,(H,18,22). The van der Waals surface area contributed by atoms with Crippen molar-refractivity contribution in [1.82, 2.24) is 10.3 Å². The monoisotopic (exact) mass is 327 g/mol. The average Bonchev–Trinajstić information content (AvgIpc) is 2.51. The third-order valence-electron chi connectivity index (χ3n) is 3.62. The summed E-state index contributed by atoms with van der Waals surface area (Å²) in [6, 6.07) is 7.90. The van der Waals surface area contributed by atoms with Crippen LogP contribution < -0.4 is 5.32 Å². The largest absolute Gasteiger partial charge is 0.346 e. The molecule has 1 amide bonds. The number of aromatic nitrogens is 1. The zero-order chi connectivity index (χ0) is 17.9. The number of ketones is 1. The molecule has 0 atom stereocenters. The Morgan fingerprint density at radius 1 is 1.17 bits per heavy atom. The highest BCUT2D eigenvalue weighted by atomic mass is 16.6. The molecular formula is C17H17N3O4. The topological polar surface area (TPSA) is 102 Å². The van der Waals surface area contributed by atoms with Gasteiger partial charge < -0.3 is 5.32 Å². The summed E-state index contributed by atoms with van der Waals surface area (Å²) in [5, 5.41) is 13.8. The van der Waals surface area contributed by atoms with Gasteiger partial charge in [-0.05, 0) is 39.0 Å². The van der Waals surface area contributed by atoms with E-state index in [1.54, 1.807) is 38.1 Å². The SMILES string of the molecule is CC(=O)c1ccc(CNC(=O)c2cccc(C)c2[N+](=O)[O-])nc1C. The fraction of sp³-hybridized carbons (Fsp3) is 0.235. The summed E-state index contributed by atoms with van der Waals surface area (Å²) >= 11 is 0. The number of carbonyl (C=O) groups excluding carboxylic acids is 2. The van der Waals surface area contributed by atoms with Gasteiger partial charge in [-0.15, -0.1) is 0 Å². The van der Waals surface area contributed by atoms with Gasteiger partial charge >= 0.3 is 0 Å². The number of nitrogens with one attached hydrogen (secondary N) is 1. The maximum absolute atomic E-state index is 12.3. The van der Waals surface area contributed by atoms with Gasteiger partial charge in [0.25, 0.3) is 11.6 Å². The molecule has 0 saturated carbocycles. The van der Waals surface area contributed by atoms with Crippen LogP contribution in [0.3, 0.4) is 0 Å². The van der Waals surface area contributed by atoms with Crippen molar-refractivity contribution < 1.29 is 14.5 Å². The number of nitrogens with zero attached hydrogens (tertiary/aromatic N) is 2. The third-order valence-corrected chi connectivity index (χ3v) is 3.62. The Balaban J connectivity index is 2.17. The van der Waals surface area contributed by atoms with E-state index in [0.29, 0.717) is 22.5 Å². The first-order valence-electron chi connectivity index (χ1n) is 7.31. The number of rotatable bonds is 5. The molecule has 24 heavy (non-hydrogen) atoms. The Labute approximate surface area is 138 Å². The minimum Gasteiger partial charge on any atom is -0.346 e. The molecule has 1 N–H and O–H groups in total. The lowest BCUT2D eigenvalue weighted by atomic mass is 10.1. The van der Waals surface area contributed by atoms with E-state index in [1.807, 2.05) is 0 Å². The number of pyridine rings is 1. The molecule has 0 aliphatic heterocycles. The second-order valence-corrected chi connectivity index (χ2v) is 5.40. The first-order valence-corrected chi connectivity index (χ1v) is 7.31. The highest BCUT2D eigenvalue weighted by Gasteiger charge is 2.22. The number of para-hydroxylation sites is 1. The van der Waals surface area contributed by atoms with Crippen molar-refractivity contribution in [2.45, 2.75) is 27.3 Å². The first kappa shape index (κ1) is 17.3. The van der Waals surface area contributed by atoms with Crippen molar-refractivity contribution in [2.75, 3.05) is 0 Å². The second kappa shape index (κ2) is 6.99. The molecule has 0 bridgehead atoms. The molecule has 0 fully saturated rings. The lowest BCUT2D eigenvalue weighted by Crippen LogP contribution is -2.24. The van der Waals surface area contributed by atoms with Gasteiger partial charge in [-0.3, -0.25) is 24.7 Å². The number of aryl methyl sites for hydroxylation is 2. The van der Waals surface area contributed by atoms with Gasteiger partial charge in [0.2, 0.25) is 0 Å². The van der Waals surface area contributed by atoms with Crippen LogP contribution in [0.4, 0.5) is 5.69 Å². The highest BCUT2D eigenvalue weighted by molar-refractivity contribution is 5.98. The van der Waals surface area contributed by atoms with Crippen LogP contribution in [-0.2, 0) is 6.54 Å². The lowest BCUT2D eigenvalue weighted by Gasteiger charge is -2.08. The minimum absolute atomic E-state index is 0.0112. The summed E-state index contributed by atoms with van der Waals surface area (Å²) in [6.45, 7) is 4.87. The molecule has 0 radical (unpaired) electrons. The van der Waals surface area contributed by atoms with Crippen molar-refractivity contribution in [1.29, 1.82) is 0 Å². The van der Waals surface area contributed by atoms with E-state index in [0.717, 1.165) is 0 Å². The second-order valence-electron chi connectivity index (χ2n) is 5.40. The van der Waals surface area contributed by atoms with Crippen molar-refractivity contribution in [3.8, 4) is 0 Å². The maximum Gasteiger partial charge on any atom is 0.285 e. The zero-order valence-electron chi connectivity index (χ0n) is 13.6. The van der Waals surface area contributed by atoms with Gasteiger partial charge in [0.15, 0.2) is 5.78 Å². The Kier molecular flexibility index (Phi) is 5.03. The van der Waals surface area contributed by atoms with E-state index in [2.05, 4.69) is 10.3 Å². The van der Waals surface area contributed by atoms with Gasteiger partial charge in [-0.1, -0.05) is 12.1 Å². The normalized spacial score (nSPS) is 10.3. The predicted octanol–water partition coefficient (Wildman–Crippen LogP) is 2.74. The number of carbonyl (C=O) groups is 2. The molecule has 2 rings (SSSR count). The molecule has 1 aromatic heterocycles. The van der Waals surface area contributed by atoms with E-state index >= 15 is 0 Å². The van der Waals surface area contributed by atoms with Gasteiger partial charge in [0.05, 0.1) is 17.2 Å². The molecule has 7 heteroatoms. The summed E-state index contributed by atoms with van der Waals surface area (Å²) < 4.78 is 0. The number of nitro groups is 1. The van der Waals surface area contributed by atoms with Gasteiger partial charge in [0, 0.05) is 16.8 Å². The maximum atomic E-state index is 12.3. The Morgan fingerprint density at radius 2 is 1.88 bits per heavy atom. The lowest BCUT2D eigenvalue weighted by molar-refractivity contribution is -0.385. The summed E-state index contributed by atoms with van der Waals surface area (Å²) in [4.78, 5) is 38.5. The fourth-order valence-corrected chi connectivity index (χ4v) is 2.43. The molecule has 0 aliphatic rings. The number of hydrogen-bond acceptors (Lipinski definition) is 5. The summed E-state index contributed by atoms with van der Waals surface area (Å²) in [5.74, 6) is -0.619. The van der Waals surface area contributed by atoms with Crippen LogP contribution in [0.1, 0.15) is 44.6 Å². The van der Waals surface area contributed by atoms with E-state index in [1.165, 1.54) is 13.0 Å². The average molecular weight is 327 g/mol. The van der Waals surface area contributed by atoms with Gasteiger partial charge in [-0.25, -0.2) is 0 Å². The number of benzene rings is 1. The molecule has 124 valence electrons. The summed E-state index contributed by atoms with van der Waals surface area (Å²) in [6.07, 6.45) is 0. The third kappa shape index (κ3) is 3.62. The van der Waals surface area contributed by atoms with Crippen LogP contribution in [0.15, 0.2) is 30.3 Å². The van der Waals surface area contributed by atoms with E-state index < -0.39 is 10.8 Å². The predicted molar refractivity (Wildman–Crippen MR) is 88.0 cm³/mol. The Hall–Kier alpha value is -3.09.